The van der Waals surface area contributed by atoms with Crippen LogP contribution in [0.4, 0.5) is 14.5 Å². The van der Waals surface area contributed by atoms with Gasteiger partial charge >= 0.3 is 5.97 Å². The summed E-state index contributed by atoms with van der Waals surface area (Å²) in [6, 6.07) is 15.1. The molecule has 35 heavy (non-hydrogen) atoms. The van der Waals surface area contributed by atoms with Gasteiger partial charge in [0.2, 0.25) is 5.91 Å². The number of carboxylic acids is 1. The Balaban J connectivity index is 1.98. The van der Waals surface area contributed by atoms with E-state index < -0.39 is 23.0 Å². The minimum absolute atomic E-state index is 0.111. The van der Waals surface area contributed by atoms with Crippen molar-refractivity contribution in [2.75, 3.05) is 5.32 Å². The number of halogens is 3. The molecule has 0 aliphatic heterocycles. The van der Waals surface area contributed by atoms with Crippen LogP contribution < -0.4 is 5.32 Å². The van der Waals surface area contributed by atoms with Crippen LogP contribution in [0.2, 0.25) is 5.02 Å². The highest BCUT2D eigenvalue weighted by atomic mass is 35.5. The number of fused-ring (bicyclic) bond motifs is 1. The normalized spacial score (nSPS) is 11.6. The number of anilines is 1. The summed E-state index contributed by atoms with van der Waals surface area (Å²) in [6.07, 6.45) is 0. The third kappa shape index (κ3) is 5.05. The van der Waals surface area contributed by atoms with E-state index in [2.05, 4.69) is 5.32 Å². The molecule has 5 nitrogen and oxygen atoms in total. The lowest BCUT2D eigenvalue weighted by molar-refractivity contribution is -0.123. The number of hydrogen-bond donors (Lipinski definition) is 2. The number of aromatic carboxylic acids is 1. The lowest BCUT2D eigenvalue weighted by Gasteiger charge is -2.18. The molecule has 0 fully saturated rings. The van der Waals surface area contributed by atoms with Gasteiger partial charge in [0, 0.05) is 28.4 Å². The molecule has 4 aromatic rings. The topological polar surface area (TPSA) is 71.3 Å². The quantitative estimate of drug-likeness (QED) is 0.313. The van der Waals surface area contributed by atoms with Gasteiger partial charge in [-0.25, -0.2) is 13.6 Å². The highest BCUT2D eigenvalue weighted by Crippen LogP contribution is 2.36. The first kappa shape index (κ1) is 24.4. The first-order valence-corrected chi connectivity index (χ1v) is 11.2. The van der Waals surface area contributed by atoms with E-state index in [1.54, 1.807) is 61.7 Å². The minimum atomic E-state index is -1.23. The third-order valence-corrected chi connectivity index (χ3v) is 5.85. The number of rotatable bonds is 5. The molecular weight excluding hydrogens is 474 g/mol. The van der Waals surface area contributed by atoms with E-state index in [0.717, 1.165) is 11.6 Å². The number of benzene rings is 3. The first-order chi connectivity index (χ1) is 16.4. The van der Waals surface area contributed by atoms with Gasteiger partial charge in [-0.05, 0) is 47.0 Å². The highest BCUT2D eigenvalue weighted by molar-refractivity contribution is 6.30. The second-order valence-electron chi connectivity index (χ2n) is 9.34. The Morgan fingerprint density at radius 2 is 1.66 bits per heavy atom. The number of carbonyl (C=O) groups is 2. The van der Waals surface area contributed by atoms with Gasteiger partial charge in [0.05, 0.1) is 11.2 Å². The van der Waals surface area contributed by atoms with Crippen LogP contribution in [0.1, 0.15) is 36.8 Å². The molecule has 1 heterocycles. The standard InChI is InChI=1S/C27H23ClF2N2O3/c1-27(2,3)26(35)31-23-21-8-7-16(17-10-19(29)13-20(30)11-17)12-22(21)32(24(23)25(33)34)14-15-5-4-6-18(28)9-15/h4-13H,14H2,1-3H3,(H,31,35)(H,33,34). The second kappa shape index (κ2) is 9.15. The van der Waals surface area contributed by atoms with Crippen LogP contribution in [0, 0.1) is 17.0 Å². The number of carbonyl (C=O) groups excluding carboxylic acids is 1. The summed E-state index contributed by atoms with van der Waals surface area (Å²) in [4.78, 5) is 25.3. The molecule has 0 saturated carbocycles. The predicted molar refractivity (Wildman–Crippen MR) is 133 cm³/mol. The first-order valence-electron chi connectivity index (χ1n) is 10.9. The van der Waals surface area contributed by atoms with Crippen LogP contribution in [0.25, 0.3) is 22.0 Å². The van der Waals surface area contributed by atoms with Gasteiger partial charge in [0.25, 0.3) is 0 Å². The molecule has 0 aliphatic carbocycles. The second-order valence-corrected chi connectivity index (χ2v) is 9.78. The molecule has 180 valence electrons. The predicted octanol–water partition coefficient (Wildman–Crippen LogP) is 6.97. The van der Waals surface area contributed by atoms with E-state index in [-0.39, 0.29) is 23.8 Å². The zero-order valence-electron chi connectivity index (χ0n) is 19.3. The van der Waals surface area contributed by atoms with Gasteiger partial charge in [-0.3, -0.25) is 4.79 Å². The van der Waals surface area contributed by atoms with E-state index in [1.807, 2.05) is 6.07 Å². The fourth-order valence-corrected chi connectivity index (χ4v) is 4.09. The van der Waals surface area contributed by atoms with Crippen LogP contribution in [-0.2, 0) is 11.3 Å². The largest absolute Gasteiger partial charge is 0.477 e. The van der Waals surface area contributed by atoms with Crippen molar-refractivity contribution in [3.05, 3.63) is 88.6 Å². The van der Waals surface area contributed by atoms with Gasteiger partial charge in [0.15, 0.2) is 5.69 Å². The van der Waals surface area contributed by atoms with Crippen molar-refractivity contribution in [2.45, 2.75) is 27.3 Å². The highest BCUT2D eigenvalue weighted by Gasteiger charge is 2.28. The monoisotopic (exact) mass is 496 g/mol. The molecule has 0 aliphatic rings. The number of carboxylic acid groups (broad SMARTS) is 1. The number of nitrogens with one attached hydrogen (secondary N) is 1. The zero-order valence-corrected chi connectivity index (χ0v) is 20.1. The van der Waals surface area contributed by atoms with Crippen LogP contribution in [0.3, 0.4) is 0 Å². The average Bonchev–Trinajstić information content (AvgIpc) is 3.05. The van der Waals surface area contributed by atoms with Crippen molar-refractivity contribution < 1.29 is 23.5 Å². The number of hydrogen-bond acceptors (Lipinski definition) is 2. The molecule has 0 bridgehead atoms. The van der Waals surface area contributed by atoms with Crippen molar-refractivity contribution in [2.24, 2.45) is 5.41 Å². The molecule has 0 unspecified atom stereocenters. The van der Waals surface area contributed by atoms with Gasteiger partial charge in [0.1, 0.15) is 11.6 Å². The fraction of sp³-hybridized carbons (Fsp3) is 0.185. The molecule has 8 heteroatoms. The van der Waals surface area contributed by atoms with Gasteiger partial charge in [-0.1, -0.05) is 56.6 Å². The SMILES string of the molecule is CC(C)(C)C(=O)Nc1c(C(=O)O)n(Cc2cccc(Cl)c2)c2cc(-c3cc(F)cc(F)c3)ccc12. The molecular formula is C27H23ClF2N2O3. The molecule has 0 atom stereocenters. The molecule has 1 amide bonds. The molecule has 0 spiro atoms. The maximum absolute atomic E-state index is 13.9. The Morgan fingerprint density at radius 3 is 2.26 bits per heavy atom. The number of amides is 1. The van der Waals surface area contributed by atoms with Gasteiger partial charge in [-0.2, -0.15) is 0 Å². The summed E-state index contributed by atoms with van der Waals surface area (Å²) in [6.45, 7) is 5.32. The lowest BCUT2D eigenvalue weighted by Crippen LogP contribution is -2.28. The Labute approximate surface area is 206 Å². The van der Waals surface area contributed by atoms with Crippen LogP contribution in [0.5, 0.6) is 0 Å². The number of nitrogens with zero attached hydrogens (tertiary/aromatic N) is 1. The summed E-state index contributed by atoms with van der Waals surface area (Å²) in [5, 5.41) is 13.9. The summed E-state index contributed by atoms with van der Waals surface area (Å²) >= 11 is 6.14. The average molecular weight is 497 g/mol. The minimum Gasteiger partial charge on any atom is -0.477 e. The van der Waals surface area contributed by atoms with Crippen LogP contribution >= 0.6 is 11.6 Å². The van der Waals surface area contributed by atoms with Crippen molar-refractivity contribution >= 4 is 40.1 Å². The maximum atomic E-state index is 13.9. The van der Waals surface area contributed by atoms with Crippen LogP contribution in [-0.4, -0.2) is 21.6 Å². The van der Waals surface area contributed by atoms with E-state index in [1.165, 1.54) is 12.1 Å². The van der Waals surface area contributed by atoms with Gasteiger partial charge < -0.3 is 15.0 Å². The number of aromatic nitrogens is 1. The Morgan fingerprint density at radius 1 is 0.971 bits per heavy atom. The molecule has 0 radical (unpaired) electrons. The lowest BCUT2D eigenvalue weighted by atomic mass is 9.95. The van der Waals surface area contributed by atoms with E-state index in [4.69, 9.17) is 11.6 Å². The smallest absolute Gasteiger partial charge is 0.354 e. The Kier molecular flexibility index (Phi) is 6.38. The van der Waals surface area contributed by atoms with Gasteiger partial charge in [-0.15, -0.1) is 0 Å². The molecule has 3 aromatic carbocycles. The van der Waals surface area contributed by atoms with E-state index in [0.29, 0.717) is 27.1 Å². The Hall–Kier alpha value is -3.71. The molecule has 0 saturated heterocycles. The van der Waals surface area contributed by atoms with Crippen molar-refractivity contribution in [3.8, 4) is 11.1 Å². The summed E-state index contributed by atoms with van der Waals surface area (Å²) < 4.78 is 29.3. The van der Waals surface area contributed by atoms with Crippen molar-refractivity contribution in [3.63, 3.8) is 0 Å². The third-order valence-electron chi connectivity index (χ3n) is 5.61. The maximum Gasteiger partial charge on any atom is 0.354 e. The molecule has 2 N–H and O–H groups in total. The van der Waals surface area contributed by atoms with E-state index in [9.17, 15) is 23.5 Å². The zero-order chi connectivity index (χ0) is 25.5. The Bertz CT molecular complexity index is 1450. The van der Waals surface area contributed by atoms with E-state index >= 15 is 0 Å². The van der Waals surface area contributed by atoms with Crippen LogP contribution in [0.15, 0.2) is 60.7 Å². The molecule has 1 aromatic heterocycles. The fourth-order valence-electron chi connectivity index (χ4n) is 3.88. The van der Waals surface area contributed by atoms with Crippen molar-refractivity contribution in [1.82, 2.24) is 4.57 Å². The van der Waals surface area contributed by atoms with Crippen molar-refractivity contribution in [1.29, 1.82) is 0 Å². The summed E-state index contributed by atoms with van der Waals surface area (Å²) in [5.74, 6) is -3.03. The summed E-state index contributed by atoms with van der Waals surface area (Å²) in [5.41, 5.74) is 1.30. The summed E-state index contributed by atoms with van der Waals surface area (Å²) in [7, 11) is 0. The molecule has 4 rings (SSSR count).